The van der Waals surface area contributed by atoms with Crippen LogP contribution >= 0.6 is 0 Å². The largest absolute Gasteiger partial charge is 0.486 e. The van der Waals surface area contributed by atoms with E-state index in [0.717, 1.165) is 58.8 Å². The lowest BCUT2D eigenvalue weighted by Gasteiger charge is -2.33. The lowest BCUT2D eigenvalue weighted by Crippen LogP contribution is -2.40. The van der Waals surface area contributed by atoms with E-state index in [2.05, 4.69) is 57.7 Å². The van der Waals surface area contributed by atoms with Crippen LogP contribution in [0.4, 0.5) is 0 Å². The number of nitrogens with one attached hydrogen (secondary N) is 1. The molecule has 0 saturated carbocycles. The molecule has 0 bridgehead atoms. The molecule has 8 heteroatoms. The Labute approximate surface area is 193 Å². The molecule has 2 aromatic carbocycles. The van der Waals surface area contributed by atoms with Gasteiger partial charge in [0, 0.05) is 12.1 Å². The number of likely N-dealkylation sites (tertiary alicyclic amines) is 1. The number of hydrazine groups is 2. The summed E-state index contributed by atoms with van der Waals surface area (Å²) in [6.07, 6.45) is 6.14. The highest BCUT2D eigenvalue weighted by Gasteiger charge is 2.33. The third-order valence-corrected chi connectivity index (χ3v) is 6.95. The smallest absolute Gasteiger partial charge is 0.145 e. The fourth-order valence-corrected chi connectivity index (χ4v) is 4.91. The summed E-state index contributed by atoms with van der Waals surface area (Å²) in [5, 5.41) is 6.15. The second-order valence-electron chi connectivity index (χ2n) is 9.38. The van der Waals surface area contributed by atoms with E-state index >= 15 is 0 Å². The molecule has 172 valence electrons. The highest BCUT2D eigenvalue weighted by Crippen LogP contribution is 2.35. The van der Waals surface area contributed by atoms with Crippen LogP contribution in [0.2, 0.25) is 0 Å². The number of ether oxygens (including phenoxy) is 2. The van der Waals surface area contributed by atoms with Crippen LogP contribution in [0.3, 0.4) is 0 Å². The van der Waals surface area contributed by atoms with E-state index in [9.17, 15) is 0 Å². The standard InChI is InChI=1S/C25H30N6O2/c1-29-8-6-17(7-9-29)13-31-23-12-27-16-30(26)25(23)24(28-31)20-3-2-19-11-21(5-4-18(19)10-20)33-22-14-32-15-22/h2-5,10-12,16-17,22,28H,6-9,13-15,26H2,1H3. The summed E-state index contributed by atoms with van der Waals surface area (Å²) in [6, 6.07) is 12.7. The third kappa shape index (κ3) is 3.94. The number of aliphatic imine (C=N–C) groups is 1. The summed E-state index contributed by atoms with van der Waals surface area (Å²) in [4.78, 5) is 6.75. The zero-order chi connectivity index (χ0) is 22.4. The van der Waals surface area contributed by atoms with E-state index in [1.165, 1.54) is 12.8 Å². The first kappa shape index (κ1) is 20.5. The molecule has 0 radical (unpaired) electrons. The Morgan fingerprint density at radius 1 is 1.12 bits per heavy atom. The van der Waals surface area contributed by atoms with Gasteiger partial charge in [0.2, 0.25) is 0 Å². The van der Waals surface area contributed by atoms with Crippen LogP contribution in [0.5, 0.6) is 5.75 Å². The Morgan fingerprint density at radius 2 is 1.91 bits per heavy atom. The summed E-state index contributed by atoms with van der Waals surface area (Å²) in [6.45, 7) is 4.58. The van der Waals surface area contributed by atoms with Crippen LogP contribution in [-0.2, 0) is 4.74 Å². The lowest BCUT2D eigenvalue weighted by atomic mass is 9.97. The van der Waals surface area contributed by atoms with Crippen molar-refractivity contribution in [1.29, 1.82) is 0 Å². The molecule has 0 spiro atoms. The zero-order valence-corrected chi connectivity index (χ0v) is 18.9. The summed E-state index contributed by atoms with van der Waals surface area (Å²) < 4.78 is 11.2. The molecule has 0 aliphatic carbocycles. The number of nitrogens with two attached hydrogens (primary N) is 1. The minimum Gasteiger partial charge on any atom is -0.486 e. The van der Waals surface area contributed by atoms with Crippen molar-refractivity contribution >= 4 is 22.8 Å². The first-order valence-electron chi connectivity index (χ1n) is 11.7. The minimum absolute atomic E-state index is 0.167. The number of piperidine rings is 1. The van der Waals surface area contributed by atoms with Gasteiger partial charge >= 0.3 is 0 Å². The van der Waals surface area contributed by atoms with Gasteiger partial charge in [0.25, 0.3) is 0 Å². The number of fused-ring (bicyclic) bond motifs is 2. The van der Waals surface area contributed by atoms with Crippen LogP contribution in [0.1, 0.15) is 18.4 Å². The molecule has 4 heterocycles. The average molecular weight is 447 g/mol. The first-order valence-corrected chi connectivity index (χ1v) is 11.7. The monoisotopic (exact) mass is 446 g/mol. The van der Waals surface area contributed by atoms with E-state index < -0.39 is 0 Å². The summed E-state index contributed by atoms with van der Waals surface area (Å²) in [5.41, 5.74) is 7.74. The number of nitrogens with zero attached hydrogens (tertiary/aromatic N) is 4. The third-order valence-electron chi connectivity index (χ3n) is 6.95. The Bertz CT molecular complexity index is 1150. The van der Waals surface area contributed by atoms with Gasteiger partial charge in [0.1, 0.15) is 29.6 Å². The Balaban J connectivity index is 1.27. The fourth-order valence-electron chi connectivity index (χ4n) is 4.91. The SMILES string of the molecule is CN1CCC(CN2NC(c3ccc4cc(OC5COC5)ccc4c3)=C3C2=CN=CN3N)CC1. The minimum atomic E-state index is 0.167. The van der Waals surface area contributed by atoms with Crippen LogP contribution in [0, 0.1) is 5.92 Å². The number of benzene rings is 2. The number of rotatable bonds is 5. The Kier molecular flexibility index (Phi) is 5.21. The van der Waals surface area contributed by atoms with E-state index in [0.29, 0.717) is 19.1 Å². The maximum absolute atomic E-state index is 6.34. The molecule has 2 fully saturated rings. The second kappa shape index (κ2) is 8.37. The van der Waals surface area contributed by atoms with Crippen molar-refractivity contribution in [3.8, 4) is 5.75 Å². The van der Waals surface area contributed by atoms with Gasteiger partial charge in [0.05, 0.1) is 25.1 Å². The molecular weight excluding hydrogens is 416 g/mol. The molecule has 6 rings (SSSR count). The van der Waals surface area contributed by atoms with Gasteiger partial charge in [0.15, 0.2) is 0 Å². The van der Waals surface area contributed by atoms with E-state index in [1.54, 1.807) is 11.3 Å². The van der Waals surface area contributed by atoms with Crippen molar-refractivity contribution in [2.45, 2.75) is 18.9 Å². The molecule has 4 aliphatic rings. The highest BCUT2D eigenvalue weighted by atomic mass is 16.6. The van der Waals surface area contributed by atoms with Crippen molar-refractivity contribution in [2.24, 2.45) is 16.8 Å². The maximum Gasteiger partial charge on any atom is 0.145 e. The quantitative estimate of drug-likeness (QED) is 0.684. The van der Waals surface area contributed by atoms with Gasteiger partial charge in [-0.25, -0.2) is 10.8 Å². The van der Waals surface area contributed by atoms with Crippen LogP contribution in [0.25, 0.3) is 16.5 Å². The molecule has 0 atom stereocenters. The van der Waals surface area contributed by atoms with Crippen molar-refractivity contribution < 1.29 is 9.47 Å². The van der Waals surface area contributed by atoms with Gasteiger partial charge in [-0.1, -0.05) is 18.2 Å². The fraction of sp³-hybridized carbons (Fsp3) is 0.400. The van der Waals surface area contributed by atoms with Gasteiger partial charge < -0.3 is 14.4 Å². The second-order valence-corrected chi connectivity index (χ2v) is 9.38. The summed E-state index contributed by atoms with van der Waals surface area (Å²) >= 11 is 0. The average Bonchev–Trinajstić information content (AvgIpc) is 3.17. The van der Waals surface area contributed by atoms with Crippen molar-refractivity contribution in [3.63, 3.8) is 0 Å². The van der Waals surface area contributed by atoms with Crippen LogP contribution < -0.4 is 16.0 Å². The summed E-state index contributed by atoms with van der Waals surface area (Å²) in [7, 11) is 2.20. The molecule has 4 aliphatic heterocycles. The predicted octanol–water partition coefficient (Wildman–Crippen LogP) is 2.51. The van der Waals surface area contributed by atoms with Gasteiger partial charge in [-0.3, -0.25) is 15.4 Å². The number of hydrogen-bond donors (Lipinski definition) is 2. The zero-order valence-electron chi connectivity index (χ0n) is 18.9. The van der Waals surface area contributed by atoms with Crippen LogP contribution in [-0.4, -0.2) is 67.3 Å². The van der Waals surface area contributed by atoms with Crippen molar-refractivity contribution in [3.05, 3.63) is 59.6 Å². The first-order chi connectivity index (χ1) is 16.1. The Hall–Kier alpha value is -3.07. The normalized spacial score (nSPS) is 21.8. The maximum atomic E-state index is 6.34. The molecule has 2 aromatic rings. The van der Waals surface area contributed by atoms with E-state index in [1.807, 2.05) is 12.3 Å². The van der Waals surface area contributed by atoms with Crippen LogP contribution in [0.15, 0.2) is 59.0 Å². The molecule has 33 heavy (non-hydrogen) atoms. The predicted molar refractivity (Wildman–Crippen MR) is 129 cm³/mol. The topological polar surface area (TPSA) is 78.6 Å². The van der Waals surface area contributed by atoms with Crippen molar-refractivity contribution in [2.75, 3.05) is 39.9 Å². The van der Waals surface area contributed by atoms with Gasteiger partial charge in [-0.15, -0.1) is 0 Å². The molecule has 8 nitrogen and oxygen atoms in total. The molecule has 0 aromatic heterocycles. The number of hydrogen-bond acceptors (Lipinski definition) is 8. The molecule has 0 unspecified atom stereocenters. The van der Waals surface area contributed by atoms with Crippen molar-refractivity contribution in [1.82, 2.24) is 20.3 Å². The van der Waals surface area contributed by atoms with E-state index in [4.69, 9.17) is 15.3 Å². The van der Waals surface area contributed by atoms with Gasteiger partial charge in [-0.2, -0.15) is 0 Å². The Morgan fingerprint density at radius 3 is 2.70 bits per heavy atom. The lowest BCUT2D eigenvalue weighted by molar-refractivity contribution is -0.0796. The van der Waals surface area contributed by atoms with Gasteiger partial charge in [-0.05, 0) is 67.9 Å². The molecule has 0 amide bonds. The summed E-state index contributed by atoms with van der Waals surface area (Å²) in [5.74, 6) is 7.87. The highest BCUT2D eigenvalue weighted by molar-refractivity contribution is 5.89. The molecule has 2 saturated heterocycles. The molecular formula is C25H30N6O2. The van der Waals surface area contributed by atoms with E-state index in [-0.39, 0.29) is 6.10 Å². The molecule has 3 N–H and O–H groups in total.